The summed E-state index contributed by atoms with van der Waals surface area (Å²) >= 11 is 5.07. The predicted molar refractivity (Wildman–Crippen MR) is 94.4 cm³/mol. The molecule has 0 atom stereocenters. The summed E-state index contributed by atoms with van der Waals surface area (Å²) in [6, 6.07) is 9.83. The second-order valence-corrected chi connectivity index (χ2v) is 5.69. The fraction of sp³-hybridized carbons (Fsp3) is 0.188. The van der Waals surface area contributed by atoms with Gasteiger partial charge in [-0.05, 0) is 45.1 Å². The summed E-state index contributed by atoms with van der Waals surface area (Å²) in [4.78, 5) is 12.1. The van der Waals surface area contributed by atoms with Crippen LogP contribution in [0.15, 0.2) is 40.2 Å². The molecule has 2 aromatic heterocycles. The molecule has 0 spiro atoms. The first-order chi connectivity index (χ1) is 11.5. The number of para-hydroxylation sites is 1. The third-order valence-corrected chi connectivity index (χ3v) is 3.93. The normalized spacial score (nSPS) is 11.3. The topological polar surface area (TPSA) is 80.9 Å². The summed E-state index contributed by atoms with van der Waals surface area (Å²) < 4.78 is 3.11. The van der Waals surface area contributed by atoms with E-state index in [1.165, 1.54) is 0 Å². The minimum Gasteiger partial charge on any atom is -0.265 e. The molecule has 24 heavy (non-hydrogen) atoms. The van der Waals surface area contributed by atoms with Crippen LogP contribution >= 0.6 is 12.2 Å². The predicted octanol–water partition coefficient (Wildman–Crippen LogP) is 2.29. The van der Waals surface area contributed by atoms with Gasteiger partial charge in [0.15, 0.2) is 0 Å². The summed E-state index contributed by atoms with van der Waals surface area (Å²) in [6.45, 7) is 5.45. The van der Waals surface area contributed by atoms with Gasteiger partial charge in [0, 0.05) is 5.56 Å². The molecule has 0 aliphatic carbocycles. The SMILES string of the molecule is Cc1nn(-c2ccccc2)c(C)c1C=Nn1c(=S)[nH]nc(C)c1=O. The van der Waals surface area contributed by atoms with Gasteiger partial charge in [0.1, 0.15) is 5.69 Å². The lowest BCUT2D eigenvalue weighted by Crippen LogP contribution is -2.22. The molecule has 0 aliphatic heterocycles. The van der Waals surface area contributed by atoms with E-state index in [1.807, 2.05) is 48.9 Å². The van der Waals surface area contributed by atoms with Crippen molar-refractivity contribution in [2.24, 2.45) is 5.10 Å². The molecule has 0 amide bonds. The molecule has 0 bridgehead atoms. The van der Waals surface area contributed by atoms with E-state index in [-0.39, 0.29) is 10.3 Å². The highest BCUT2D eigenvalue weighted by atomic mass is 32.1. The molecule has 2 heterocycles. The fourth-order valence-electron chi connectivity index (χ4n) is 2.35. The van der Waals surface area contributed by atoms with Crippen molar-refractivity contribution < 1.29 is 0 Å². The van der Waals surface area contributed by atoms with Gasteiger partial charge in [-0.2, -0.15) is 20.0 Å². The maximum absolute atomic E-state index is 12.1. The minimum atomic E-state index is -0.347. The Kier molecular flexibility index (Phi) is 4.22. The Morgan fingerprint density at radius 3 is 2.58 bits per heavy atom. The fourth-order valence-corrected chi connectivity index (χ4v) is 2.53. The van der Waals surface area contributed by atoms with Crippen molar-refractivity contribution in [3.63, 3.8) is 0 Å². The van der Waals surface area contributed by atoms with Crippen molar-refractivity contribution in [2.75, 3.05) is 0 Å². The maximum atomic E-state index is 12.1. The van der Waals surface area contributed by atoms with Crippen molar-refractivity contribution in [1.29, 1.82) is 0 Å². The van der Waals surface area contributed by atoms with Gasteiger partial charge in [0.25, 0.3) is 5.56 Å². The number of nitrogens with one attached hydrogen (secondary N) is 1. The first-order valence-corrected chi connectivity index (χ1v) is 7.74. The van der Waals surface area contributed by atoms with Crippen molar-refractivity contribution in [3.05, 3.63) is 68.1 Å². The number of hydrogen-bond acceptors (Lipinski definition) is 5. The second kappa shape index (κ2) is 6.32. The molecule has 8 heteroatoms. The van der Waals surface area contributed by atoms with E-state index in [0.717, 1.165) is 27.3 Å². The van der Waals surface area contributed by atoms with Gasteiger partial charge in [0.2, 0.25) is 4.77 Å². The number of aromatic nitrogens is 5. The van der Waals surface area contributed by atoms with Gasteiger partial charge < -0.3 is 0 Å². The van der Waals surface area contributed by atoms with Crippen LogP contribution in [0.1, 0.15) is 22.6 Å². The van der Waals surface area contributed by atoms with Gasteiger partial charge in [-0.1, -0.05) is 18.2 Å². The Labute approximate surface area is 143 Å². The third-order valence-electron chi connectivity index (χ3n) is 3.66. The Balaban J connectivity index is 2.07. The molecule has 3 aromatic rings. The molecule has 3 rings (SSSR count). The molecule has 0 aliphatic rings. The molecule has 1 aromatic carbocycles. The largest absolute Gasteiger partial charge is 0.296 e. The summed E-state index contributed by atoms with van der Waals surface area (Å²) in [7, 11) is 0. The van der Waals surface area contributed by atoms with Crippen molar-refractivity contribution in [1.82, 2.24) is 24.7 Å². The molecule has 0 unspecified atom stereocenters. The number of rotatable bonds is 3. The number of aryl methyl sites for hydroxylation is 2. The molecule has 0 radical (unpaired) electrons. The van der Waals surface area contributed by atoms with Crippen LogP contribution in [0.2, 0.25) is 0 Å². The Morgan fingerprint density at radius 1 is 1.17 bits per heavy atom. The van der Waals surface area contributed by atoms with Crippen LogP contribution in [0.4, 0.5) is 0 Å². The van der Waals surface area contributed by atoms with E-state index in [2.05, 4.69) is 20.4 Å². The van der Waals surface area contributed by atoms with Crippen LogP contribution in [0.5, 0.6) is 0 Å². The van der Waals surface area contributed by atoms with Crippen molar-refractivity contribution in [2.45, 2.75) is 20.8 Å². The van der Waals surface area contributed by atoms with E-state index in [1.54, 1.807) is 13.1 Å². The lowest BCUT2D eigenvalue weighted by atomic mass is 10.2. The number of H-pyrrole nitrogens is 1. The summed E-state index contributed by atoms with van der Waals surface area (Å²) in [5.41, 5.74) is 3.50. The maximum Gasteiger partial charge on any atom is 0.296 e. The van der Waals surface area contributed by atoms with E-state index in [9.17, 15) is 4.79 Å². The molecule has 0 saturated heterocycles. The summed E-state index contributed by atoms with van der Waals surface area (Å²) in [6.07, 6.45) is 1.60. The van der Waals surface area contributed by atoms with Gasteiger partial charge in [0.05, 0.1) is 23.3 Å². The molecule has 122 valence electrons. The highest BCUT2D eigenvalue weighted by Crippen LogP contribution is 2.16. The van der Waals surface area contributed by atoms with E-state index in [0.29, 0.717) is 5.69 Å². The molecule has 7 nitrogen and oxygen atoms in total. The van der Waals surface area contributed by atoms with Gasteiger partial charge >= 0.3 is 0 Å². The van der Waals surface area contributed by atoms with Crippen molar-refractivity contribution >= 4 is 18.4 Å². The highest BCUT2D eigenvalue weighted by Gasteiger charge is 2.11. The smallest absolute Gasteiger partial charge is 0.265 e. The van der Waals surface area contributed by atoms with Crippen LogP contribution < -0.4 is 5.56 Å². The Morgan fingerprint density at radius 2 is 1.88 bits per heavy atom. The zero-order valence-electron chi connectivity index (χ0n) is 13.5. The average molecular weight is 340 g/mol. The monoisotopic (exact) mass is 340 g/mol. The number of hydrogen-bond donors (Lipinski definition) is 1. The zero-order chi connectivity index (χ0) is 17.3. The van der Waals surface area contributed by atoms with Crippen LogP contribution in [-0.4, -0.2) is 30.9 Å². The molecule has 1 N–H and O–H groups in total. The lowest BCUT2D eigenvalue weighted by molar-refractivity contribution is 0.720. The van der Waals surface area contributed by atoms with Crippen molar-refractivity contribution in [3.8, 4) is 5.69 Å². The molecule has 0 saturated carbocycles. The van der Waals surface area contributed by atoms with Gasteiger partial charge in [-0.3, -0.25) is 9.89 Å². The van der Waals surface area contributed by atoms with Gasteiger partial charge in [-0.25, -0.2) is 4.68 Å². The number of aromatic amines is 1. The third kappa shape index (κ3) is 2.83. The van der Waals surface area contributed by atoms with E-state index < -0.39 is 0 Å². The number of benzene rings is 1. The van der Waals surface area contributed by atoms with Crippen LogP contribution in [0, 0.1) is 25.5 Å². The highest BCUT2D eigenvalue weighted by molar-refractivity contribution is 7.71. The molecular formula is C16H16N6OS. The van der Waals surface area contributed by atoms with Crippen LogP contribution in [0.3, 0.4) is 0 Å². The quantitative estimate of drug-likeness (QED) is 0.586. The number of nitrogens with zero attached hydrogens (tertiary/aromatic N) is 5. The van der Waals surface area contributed by atoms with Crippen LogP contribution in [-0.2, 0) is 0 Å². The first kappa shape index (κ1) is 16.0. The standard InChI is InChI=1S/C16H16N6OS/c1-10-14(9-17-22-15(23)11(2)18-19-16(22)24)12(3)21(20-10)13-7-5-4-6-8-13/h4-9H,1-3H3,(H,19,24). The first-order valence-electron chi connectivity index (χ1n) is 7.33. The Bertz CT molecular complexity index is 1030. The summed E-state index contributed by atoms with van der Waals surface area (Å²) in [5.74, 6) is 0. The van der Waals surface area contributed by atoms with E-state index in [4.69, 9.17) is 12.2 Å². The second-order valence-electron chi connectivity index (χ2n) is 5.31. The van der Waals surface area contributed by atoms with E-state index >= 15 is 0 Å². The minimum absolute atomic E-state index is 0.146. The van der Waals surface area contributed by atoms with Gasteiger partial charge in [-0.15, -0.1) is 0 Å². The molecule has 0 fully saturated rings. The lowest BCUT2D eigenvalue weighted by Gasteiger charge is -2.03. The zero-order valence-corrected chi connectivity index (χ0v) is 14.3. The Hall–Kier alpha value is -2.87. The summed E-state index contributed by atoms with van der Waals surface area (Å²) in [5, 5.41) is 15.2. The molecular weight excluding hydrogens is 324 g/mol. The van der Waals surface area contributed by atoms with Crippen LogP contribution in [0.25, 0.3) is 5.69 Å². The average Bonchev–Trinajstić information content (AvgIpc) is 2.87.